The number of hydrogen-bond acceptors (Lipinski definition) is 5. The molecule has 0 aromatic heterocycles. The Morgan fingerprint density at radius 3 is 2.42 bits per heavy atom. The van der Waals surface area contributed by atoms with Crippen LogP contribution < -0.4 is 20.1 Å². The van der Waals surface area contributed by atoms with E-state index in [9.17, 15) is 18.4 Å². The number of halogens is 2. The molecule has 2 N–H and O–H groups in total. The molecule has 0 saturated carbocycles. The first-order valence-corrected chi connectivity index (χ1v) is 12.3. The Bertz CT molecular complexity index is 1510. The van der Waals surface area contributed by atoms with Crippen molar-refractivity contribution in [3.05, 3.63) is 112 Å². The van der Waals surface area contributed by atoms with Gasteiger partial charge in [0, 0.05) is 34.9 Å². The standard InChI is InChI=1S/C30H24F2N2O4/c1-16-26(30(36)34-29-20(31)8-5-9-21(29)32)27(18-10-11-24-25(14-18)38-15-37-24)28-22(33-16)12-19(13-23(28)35)17-6-3-2-4-7-17/h2-11,14,19,27,33H,12-13,15H2,1H3,(H,34,36)/t19-,27+/m1/s1. The number of hydrogen-bond donors (Lipinski definition) is 2. The van der Waals surface area contributed by atoms with E-state index in [4.69, 9.17) is 9.47 Å². The van der Waals surface area contributed by atoms with Crippen molar-refractivity contribution >= 4 is 17.4 Å². The van der Waals surface area contributed by atoms with Crippen molar-refractivity contribution in [1.29, 1.82) is 0 Å². The Kier molecular flexibility index (Phi) is 5.94. The van der Waals surface area contributed by atoms with E-state index in [0.29, 0.717) is 34.8 Å². The zero-order valence-corrected chi connectivity index (χ0v) is 20.5. The summed E-state index contributed by atoms with van der Waals surface area (Å²) in [6.07, 6.45) is 0.863. The fourth-order valence-corrected chi connectivity index (χ4v) is 5.53. The Hall–Kier alpha value is -4.46. The summed E-state index contributed by atoms with van der Waals surface area (Å²) >= 11 is 0. The Labute approximate surface area is 218 Å². The van der Waals surface area contributed by atoms with E-state index in [2.05, 4.69) is 10.6 Å². The van der Waals surface area contributed by atoms with Crippen molar-refractivity contribution in [3.63, 3.8) is 0 Å². The number of allylic oxidation sites excluding steroid dienone is 3. The minimum absolute atomic E-state index is 0.0111. The summed E-state index contributed by atoms with van der Waals surface area (Å²) in [5, 5.41) is 5.68. The van der Waals surface area contributed by atoms with Crippen molar-refractivity contribution in [2.24, 2.45) is 0 Å². The molecule has 1 amide bonds. The van der Waals surface area contributed by atoms with E-state index >= 15 is 0 Å². The van der Waals surface area contributed by atoms with Crippen LogP contribution in [0.3, 0.4) is 0 Å². The lowest BCUT2D eigenvalue weighted by molar-refractivity contribution is -0.116. The van der Waals surface area contributed by atoms with E-state index in [1.54, 1.807) is 25.1 Å². The molecule has 2 heterocycles. The molecule has 0 radical (unpaired) electrons. The molecular formula is C30H24F2N2O4. The number of nitrogens with one attached hydrogen (secondary N) is 2. The highest BCUT2D eigenvalue weighted by atomic mass is 19.1. The van der Waals surface area contributed by atoms with Gasteiger partial charge in [-0.25, -0.2) is 8.78 Å². The number of Topliss-reactive ketones (excluding diaryl/α,β-unsaturated/α-hetero) is 1. The molecule has 0 spiro atoms. The lowest BCUT2D eigenvalue weighted by Gasteiger charge is -2.37. The first-order valence-electron chi connectivity index (χ1n) is 12.3. The molecule has 0 fully saturated rings. The number of ketones is 1. The van der Waals surface area contributed by atoms with Gasteiger partial charge in [0.15, 0.2) is 17.3 Å². The fraction of sp³-hybridized carbons (Fsp3) is 0.200. The number of benzene rings is 3. The van der Waals surface area contributed by atoms with Crippen molar-refractivity contribution in [2.45, 2.75) is 31.6 Å². The normalized spacial score (nSPS) is 20.2. The molecule has 3 aromatic rings. The van der Waals surface area contributed by atoms with Crippen LogP contribution in [0.2, 0.25) is 0 Å². The lowest BCUT2D eigenvalue weighted by Crippen LogP contribution is -2.37. The first kappa shape index (κ1) is 23.9. The Morgan fingerprint density at radius 2 is 1.66 bits per heavy atom. The highest BCUT2D eigenvalue weighted by Crippen LogP contribution is 2.47. The second-order valence-corrected chi connectivity index (χ2v) is 9.59. The number of ether oxygens (including phenoxy) is 2. The Balaban J connectivity index is 1.44. The molecule has 3 aliphatic rings. The predicted octanol–water partition coefficient (Wildman–Crippen LogP) is 5.69. The van der Waals surface area contributed by atoms with Crippen LogP contribution in [0.25, 0.3) is 0 Å². The van der Waals surface area contributed by atoms with Gasteiger partial charge in [-0.15, -0.1) is 0 Å². The summed E-state index contributed by atoms with van der Waals surface area (Å²) in [5.41, 5.74) is 3.09. The minimum atomic E-state index is -0.889. The zero-order chi connectivity index (χ0) is 26.4. The van der Waals surface area contributed by atoms with E-state index < -0.39 is 29.1 Å². The Morgan fingerprint density at radius 1 is 0.921 bits per heavy atom. The smallest absolute Gasteiger partial charge is 0.254 e. The van der Waals surface area contributed by atoms with Crippen LogP contribution in [-0.2, 0) is 9.59 Å². The summed E-state index contributed by atoms with van der Waals surface area (Å²) in [4.78, 5) is 27.4. The molecule has 0 unspecified atom stereocenters. The topological polar surface area (TPSA) is 76.7 Å². The summed E-state index contributed by atoms with van der Waals surface area (Å²) in [7, 11) is 0. The van der Waals surface area contributed by atoms with Crippen molar-refractivity contribution < 1.29 is 27.8 Å². The number of anilines is 1. The molecule has 0 saturated heterocycles. The summed E-state index contributed by atoms with van der Waals surface area (Å²) in [6.45, 7) is 1.80. The molecule has 38 heavy (non-hydrogen) atoms. The average molecular weight is 515 g/mol. The average Bonchev–Trinajstić information content (AvgIpc) is 3.38. The van der Waals surface area contributed by atoms with Gasteiger partial charge in [0.05, 0.1) is 0 Å². The maximum atomic E-state index is 14.4. The van der Waals surface area contributed by atoms with Gasteiger partial charge in [-0.1, -0.05) is 42.5 Å². The van der Waals surface area contributed by atoms with Gasteiger partial charge in [-0.3, -0.25) is 9.59 Å². The number of amides is 1. The molecule has 1 aliphatic carbocycles. The maximum Gasteiger partial charge on any atom is 0.254 e. The number of carbonyl (C=O) groups excluding carboxylic acids is 2. The van der Waals surface area contributed by atoms with Crippen molar-refractivity contribution in [2.75, 3.05) is 12.1 Å². The molecule has 0 bridgehead atoms. The molecule has 2 aliphatic heterocycles. The first-order chi connectivity index (χ1) is 18.4. The number of rotatable bonds is 4. The zero-order valence-electron chi connectivity index (χ0n) is 20.5. The van der Waals surface area contributed by atoms with Gasteiger partial charge < -0.3 is 20.1 Å². The van der Waals surface area contributed by atoms with E-state index in [1.165, 1.54) is 6.07 Å². The van der Waals surface area contributed by atoms with E-state index in [0.717, 1.165) is 23.4 Å². The van der Waals surface area contributed by atoms with Gasteiger partial charge >= 0.3 is 0 Å². The number of dihydropyridines is 1. The highest BCUT2D eigenvalue weighted by molar-refractivity contribution is 6.10. The third-order valence-electron chi connectivity index (χ3n) is 7.27. The van der Waals surface area contributed by atoms with E-state index in [-0.39, 0.29) is 30.5 Å². The van der Waals surface area contributed by atoms with Gasteiger partial charge in [0.25, 0.3) is 5.91 Å². The van der Waals surface area contributed by atoms with Crippen molar-refractivity contribution in [1.82, 2.24) is 5.32 Å². The van der Waals surface area contributed by atoms with Gasteiger partial charge in [0.2, 0.25) is 6.79 Å². The lowest BCUT2D eigenvalue weighted by atomic mass is 9.71. The van der Waals surface area contributed by atoms with Crippen LogP contribution in [0.1, 0.15) is 42.7 Å². The molecule has 8 heteroatoms. The SMILES string of the molecule is CC1=C(C(=O)Nc2c(F)cccc2F)[C@H](c2ccc3c(c2)OCO3)C2=C(C[C@@H](c3ccccc3)CC2=O)N1. The van der Waals surface area contributed by atoms with Crippen LogP contribution in [0.5, 0.6) is 11.5 Å². The molecule has 2 atom stereocenters. The summed E-state index contributed by atoms with van der Waals surface area (Å²) in [5.74, 6) is -2.28. The van der Waals surface area contributed by atoms with E-state index in [1.807, 2.05) is 30.3 Å². The second kappa shape index (κ2) is 9.45. The third kappa shape index (κ3) is 4.12. The molecule has 6 rings (SSSR count). The maximum absolute atomic E-state index is 14.4. The number of carbonyl (C=O) groups is 2. The van der Waals surface area contributed by atoms with Gasteiger partial charge in [-0.05, 0) is 54.7 Å². The fourth-order valence-electron chi connectivity index (χ4n) is 5.53. The van der Waals surface area contributed by atoms with Crippen molar-refractivity contribution in [3.8, 4) is 11.5 Å². The van der Waals surface area contributed by atoms with Crippen LogP contribution in [0.15, 0.2) is 89.3 Å². The summed E-state index contributed by atoms with van der Waals surface area (Å²) < 4.78 is 39.8. The third-order valence-corrected chi connectivity index (χ3v) is 7.27. The molecular weight excluding hydrogens is 490 g/mol. The van der Waals surface area contributed by atoms with Crippen LogP contribution in [-0.4, -0.2) is 18.5 Å². The molecule has 192 valence electrons. The molecule has 3 aromatic carbocycles. The monoisotopic (exact) mass is 514 g/mol. The van der Waals surface area contributed by atoms with Gasteiger partial charge in [-0.2, -0.15) is 0 Å². The van der Waals surface area contributed by atoms with Gasteiger partial charge in [0.1, 0.15) is 17.3 Å². The highest BCUT2D eigenvalue weighted by Gasteiger charge is 2.41. The second-order valence-electron chi connectivity index (χ2n) is 9.59. The van der Waals surface area contributed by atoms with Crippen LogP contribution in [0.4, 0.5) is 14.5 Å². The summed E-state index contributed by atoms with van der Waals surface area (Å²) in [6, 6.07) is 18.5. The minimum Gasteiger partial charge on any atom is -0.454 e. The van der Waals surface area contributed by atoms with Crippen LogP contribution >= 0.6 is 0 Å². The number of fused-ring (bicyclic) bond motifs is 1. The molecule has 6 nitrogen and oxygen atoms in total. The predicted molar refractivity (Wildman–Crippen MR) is 137 cm³/mol. The quantitative estimate of drug-likeness (QED) is 0.468. The largest absolute Gasteiger partial charge is 0.454 e. The number of para-hydroxylation sites is 1. The van der Waals surface area contributed by atoms with Crippen LogP contribution in [0, 0.1) is 11.6 Å².